The third-order valence-electron chi connectivity index (χ3n) is 2.08. The van der Waals surface area contributed by atoms with Gasteiger partial charge in [-0.25, -0.2) is 0 Å². The van der Waals surface area contributed by atoms with E-state index in [0.717, 1.165) is 0 Å². The van der Waals surface area contributed by atoms with Gasteiger partial charge in [0.2, 0.25) is 0 Å². The summed E-state index contributed by atoms with van der Waals surface area (Å²) in [6, 6.07) is 9.29. The van der Waals surface area contributed by atoms with Gasteiger partial charge in [0, 0.05) is 5.03 Å². The predicted octanol–water partition coefficient (Wildman–Crippen LogP) is 2.96. The van der Waals surface area contributed by atoms with Gasteiger partial charge in [0.1, 0.15) is 17.5 Å². The number of halogens is 1. The molecule has 0 aliphatic carbocycles. The molecular weight excluding hydrogens is 212 g/mol. The van der Waals surface area contributed by atoms with Crippen LogP contribution in [0.1, 0.15) is 13.8 Å². The fourth-order valence-corrected chi connectivity index (χ4v) is 1.49. The van der Waals surface area contributed by atoms with E-state index in [0.29, 0.717) is 5.75 Å². The van der Waals surface area contributed by atoms with Crippen LogP contribution in [-0.2, 0) is 0 Å². The van der Waals surface area contributed by atoms with Crippen LogP contribution in [-0.4, -0.2) is 16.8 Å². The first kappa shape index (κ1) is 12.1. The molecule has 0 radical (unpaired) electrons. The van der Waals surface area contributed by atoms with E-state index in [1.807, 2.05) is 30.3 Å². The summed E-state index contributed by atoms with van der Waals surface area (Å²) in [5.41, 5.74) is -0.791. The highest BCUT2D eigenvalue weighted by molar-refractivity contribution is 6.29. The first-order chi connectivity index (χ1) is 6.93. The van der Waals surface area contributed by atoms with Crippen molar-refractivity contribution in [2.24, 2.45) is 0 Å². The monoisotopic (exact) mass is 226 g/mol. The van der Waals surface area contributed by atoms with Crippen molar-refractivity contribution in [2.45, 2.75) is 25.6 Å². The van der Waals surface area contributed by atoms with Gasteiger partial charge < -0.3 is 9.84 Å². The Kier molecular flexibility index (Phi) is 3.77. The molecule has 0 aliphatic rings. The van der Waals surface area contributed by atoms with Crippen LogP contribution < -0.4 is 4.74 Å². The fraction of sp³-hybridized carbons (Fsp3) is 0.333. The summed E-state index contributed by atoms with van der Waals surface area (Å²) in [5.74, 6) is 0.694. The van der Waals surface area contributed by atoms with Gasteiger partial charge in [-0.1, -0.05) is 36.4 Å². The van der Waals surface area contributed by atoms with Crippen LogP contribution in [0.5, 0.6) is 5.75 Å². The van der Waals surface area contributed by atoms with Crippen LogP contribution in [0.25, 0.3) is 0 Å². The predicted molar refractivity (Wildman–Crippen MR) is 62.1 cm³/mol. The minimum Gasteiger partial charge on any atom is -0.485 e. The van der Waals surface area contributed by atoms with Crippen molar-refractivity contribution in [3.63, 3.8) is 0 Å². The molecule has 82 valence electrons. The summed E-state index contributed by atoms with van der Waals surface area (Å²) in [6.07, 6.45) is -0.903. The molecule has 1 aromatic carbocycles. The van der Waals surface area contributed by atoms with Crippen molar-refractivity contribution in [3.05, 3.63) is 41.9 Å². The summed E-state index contributed by atoms with van der Waals surface area (Å²) < 4.78 is 5.63. The maximum Gasteiger partial charge on any atom is 0.134 e. The molecular formula is C12H15ClO2. The Labute approximate surface area is 95.1 Å². The quantitative estimate of drug-likeness (QED) is 0.856. The van der Waals surface area contributed by atoms with E-state index in [-0.39, 0.29) is 5.03 Å². The Balaban J connectivity index is 2.76. The van der Waals surface area contributed by atoms with Crippen molar-refractivity contribution in [1.82, 2.24) is 0 Å². The number of ether oxygens (including phenoxy) is 1. The summed E-state index contributed by atoms with van der Waals surface area (Å²) in [4.78, 5) is 0. The lowest BCUT2D eigenvalue weighted by Gasteiger charge is -2.31. The zero-order valence-electron chi connectivity index (χ0n) is 8.90. The van der Waals surface area contributed by atoms with Gasteiger partial charge >= 0.3 is 0 Å². The van der Waals surface area contributed by atoms with Crippen LogP contribution in [0, 0.1) is 0 Å². The minimum atomic E-state index is -0.903. The number of aliphatic hydroxyl groups is 1. The molecule has 3 heteroatoms. The lowest BCUT2D eigenvalue weighted by atomic mass is 10.0. The summed E-state index contributed by atoms with van der Waals surface area (Å²) in [6.45, 7) is 7.02. The lowest BCUT2D eigenvalue weighted by Crippen LogP contribution is -2.42. The number of para-hydroxylation sites is 1. The van der Waals surface area contributed by atoms with Crippen molar-refractivity contribution < 1.29 is 9.84 Å². The topological polar surface area (TPSA) is 29.5 Å². The molecule has 0 saturated heterocycles. The average molecular weight is 227 g/mol. The molecule has 0 heterocycles. The van der Waals surface area contributed by atoms with E-state index in [1.54, 1.807) is 13.8 Å². The Hall–Kier alpha value is -0.990. The van der Waals surface area contributed by atoms with E-state index in [9.17, 15) is 5.11 Å². The SMILES string of the molecule is C=C(Cl)C(O)C(C)(C)Oc1ccccc1. The third kappa shape index (κ3) is 3.26. The maximum atomic E-state index is 9.76. The Bertz CT molecular complexity index is 333. The largest absolute Gasteiger partial charge is 0.485 e. The molecule has 1 unspecified atom stereocenters. The van der Waals surface area contributed by atoms with Gasteiger partial charge in [-0.15, -0.1) is 0 Å². The second-order valence-electron chi connectivity index (χ2n) is 3.87. The smallest absolute Gasteiger partial charge is 0.134 e. The van der Waals surface area contributed by atoms with Crippen molar-refractivity contribution in [3.8, 4) is 5.75 Å². The summed E-state index contributed by atoms with van der Waals surface area (Å²) >= 11 is 5.65. The van der Waals surface area contributed by atoms with Crippen molar-refractivity contribution in [1.29, 1.82) is 0 Å². The van der Waals surface area contributed by atoms with Crippen LogP contribution in [0.2, 0.25) is 0 Å². The minimum absolute atomic E-state index is 0.177. The second kappa shape index (κ2) is 4.69. The Morgan fingerprint density at radius 2 is 1.93 bits per heavy atom. The molecule has 0 spiro atoms. The Morgan fingerprint density at radius 3 is 2.40 bits per heavy atom. The van der Waals surface area contributed by atoms with E-state index < -0.39 is 11.7 Å². The number of hydrogen-bond acceptors (Lipinski definition) is 2. The first-order valence-corrected chi connectivity index (χ1v) is 5.07. The number of aliphatic hydroxyl groups excluding tert-OH is 1. The molecule has 0 bridgehead atoms. The number of hydrogen-bond donors (Lipinski definition) is 1. The molecule has 0 aromatic heterocycles. The highest BCUT2D eigenvalue weighted by Gasteiger charge is 2.31. The van der Waals surface area contributed by atoms with Gasteiger partial charge in [-0.2, -0.15) is 0 Å². The second-order valence-corrected chi connectivity index (χ2v) is 4.35. The molecule has 1 aromatic rings. The highest BCUT2D eigenvalue weighted by atomic mass is 35.5. The van der Waals surface area contributed by atoms with E-state index >= 15 is 0 Å². The van der Waals surface area contributed by atoms with E-state index in [1.165, 1.54) is 0 Å². The molecule has 0 aliphatic heterocycles. The van der Waals surface area contributed by atoms with Gasteiger partial charge in [-0.3, -0.25) is 0 Å². The molecule has 15 heavy (non-hydrogen) atoms. The zero-order chi connectivity index (χ0) is 11.5. The normalized spacial score (nSPS) is 13.3. The highest BCUT2D eigenvalue weighted by Crippen LogP contribution is 2.25. The number of benzene rings is 1. The Morgan fingerprint density at radius 1 is 1.40 bits per heavy atom. The average Bonchev–Trinajstić information content (AvgIpc) is 2.17. The summed E-state index contributed by atoms with van der Waals surface area (Å²) in [7, 11) is 0. The van der Waals surface area contributed by atoms with E-state index in [4.69, 9.17) is 16.3 Å². The van der Waals surface area contributed by atoms with Crippen molar-refractivity contribution in [2.75, 3.05) is 0 Å². The molecule has 0 amide bonds. The molecule has 2 nitrogen and oxygen atoms in total. The number of rotatable bonds is 4. The van der Waals surface area contributed by atoms with Crippen LogP contribution in [0.3, 0.4) is 0 Å². The van der Waals surface area contributed by atoms with Gasteiger partial charge in [0.15, 0.2) is 0 Å². The van der Waals surface area contributed by atoms with Gasteiger partial charge in [-0.05, 0) is 26.0 Å². The molecule has 1 rings (SSSR count). The fourth-order valence-electron chi connectivity index (χ4n) is 1.23. The standard InChI is InChI=1S/C12H15ClO2/c1-9(13)11(14)12(2,3)15-10-7-5-4-6-8-10/h4-8,11,14H,1H2,2-3H3. The molecule has 0 fully saturated rings. The van der Waals surface area contributed by atoms with Crippen LogP contribution >= 0.6 is 11.6 Å². The zero-order valence-corrected chi connectivity index (χ0v) is 9.66. The van der Waals surface area contributed by atoms with Crippen LogP contribution in [0.15, 0.2) is 41.9 Å². The molecule has 1 atom stereocenters. The van der Waals surface area contributed by atoms with Gasteiger partial charge in [0.05, 0.1) is 0 Å². The van der Waals surface area contributed by atoms with Gasteiger partial charge in [0.25, 0.3) is 0 Å². The van der Waals surface area contributed by atoms with E-state index in [2.05, 4.69) is 6.58 Å². The lowest BCUT2D eigenvalue weighted by molar-refractivity contribution is -0.00392. The maximum absolute atomic E-state index is 9.76. The molecule has 1 N–H and O–H groups in total. The molecule has 0 saturated carbocycles. The van der Waals surface area contributed by atoms with Crippen molar-refractivity contribution >= 4 is 11.6 Å². The first-order valence-electron chi connectivity index (χ1n) is 4.70. The van der Waals surface area contributed by atoms with Crippen LogP contribution in [0.4, 0.5) is 0 Å². The summed E-state index contributed by atoms with van der Waals surface area (Å²) in [5, 5.41) is 9.94. The third-order valence-corrected chi connectivity index (χ3v) is 2.29.